The maximum Gasteiger partial charge on any atom is 0.310 e. The van der Waals surface area contributed by atoms with Crippen LogP contribution < -0.4 is 0 Å². The predicted octanol–water partition coefficient (Wildman–Crippen LogP) is 3.08. The molecule has 1 unspecified atom stereocenters. The van der Waals surface area contributed by atoms with Gasteiger partial charge in [0.25, 0.3) is 0 Å². The number of phenolic OH excluding ortho intramolecular Hbond substituents is 1. The van der Waals surface area contributed by atoms with Crippen molar-refractivity contribution in [2.24, 2.45) is 0 Å². The van der Waals surface area contributed by atoms with Gasteiger partial charge in [-0.2, -0.15) is 0 Å². The zero-order valence-corrected chi connectivity index (χ0v) is 15.7. The van der Waals surface area contributed by atoms with Gasteiger partial charge in [-0.25, -0.2) is 0 Å². The van der Waals surface area contributed by atoms with E-state index in [2.05, 4.69) is 0 Å². The van der Waals surface area contributed by atoms with E-state index in [-0.39, 0.29) is 16.2 Å². The molecule has 2 rings (SSSR count). The number of aromatic hydroxyl groups is 1. The molecular weight excluding hydrogens is 360 g/mol. The average molecular weight is 385 g/mol. The van der Waals surface area contributed by atoms with Crippen LogP contribution in [0.5, 0.6) is 5.75 Å². The van der Waals surface area contributed by atoms with Crippen LogP contribution in [0.4, 0.5) is 0 Å². The molecule has 3 N–H and O–H groups in total. The molecule has 1 aliphatic heterocycles. The monoisotopic (exact) mass is 384 g/mol. The van der Waals surface area contributed by atoms with Crippen LogP contribution in [-0.2, 0) is 16.0 Å². The molecule has 1 heterocycles. The number of carboxylic acid groups (broad SMARTS) is 1. The number of aryl methyl sites for hydroxylation is 1. The fraction of sp³-hybridized carbons (Fsp3) is 0.556. The molecule has 1 fully saturated rings. The summed E-state index contributed by atoms with van der Waals surface area (Å²) in [6.45, 7) is 0. The highest BCUT2D eigenvalue weighted by Crippen LogP contribution is 2.48. The molecule has 0 aromatic heterocycles. The number of hydrogen-bond donors (Lipinski definition) is 3. The first-order valence-electron chi connectivity index (χ1n) is 8.36. The van der Waals surface area contributed by atoms with Gasteiger partial charge in [0.1, 0.15) is 18.0 Å². The zero-order valence-electron chi connectivity index (χ0n) is 14.0. The third-order valence-corrected chi connectivity index (χ3v) is 7.59. The van der Waals surface area contributed by atoms with Crippen molar-refractivity contribution < 1.29 is 24.9 Å². The summed E-state index contributed by atoms with van der Waals surface area (Å²) >= 11 is 3.66. The number of hydrogen-bond acceptors (Lipinski definition) is 6. The van der Waals surface area contributed by atoms with Gasteiger partial charge in [-0.05, 0) is 54.9 Å². The van der Waals surface area contributed by atoms with Crippen LogP contribution in [0.1, 0.15) is 37.7 Å². The molecule has 25 heavy (non-hydrogen) atoms. The number of aliphatic hydroxyl groups is 1. The number of benzene rings is 1. The van der Waals surface area contributed by atoms with Crippen LogP contribution >= 0.6 is 23.5 Å². The van der Waals surface area contributed by atoms with Gasteiger partial charge in [-0.1, -0.05) is 12.1 Å². The normalized spacial score (nSPS) is 17.8. The average Bonchev–Trinajstić information content (AvgIpc) is 2.54. The summed E-state index contributed by atoms with van der Waals surface area (Å²) in [6.07, 6.45) is 1.85. The number of aliphatic carboxylic acids is 1. The van der Waals surface area contributed by atoms with Crippen molar-refractivity contribution in [2.75, 3.05) is 11.5 Å². The smallest absolute Gasteiger partial charge is 0.310 e. The van der Waals surface area contributed by atoms with Gasteiger partial charge in [0.15, 0.2) is 0 Å². The standard InChI is InChI=1S/C18H24O5S2/c19-14-4-2-13(3-5-14)6-7-18(24-8-1-9-25-18)12-16(21)10-15(20)11-17(22)23/h2-5,16,19,21H,1,6-12H2,(H,22,23). The summed E-state index contributed by atoms with van der Waals surface area (Å²) in [7, 11) is 0. The van der Waals surface area contributed by atoms with E-state index in [1.165, 1.54) is 0 Å². The number of Topliss-reactive ketones (excluding diaryl/α,β-unsaturated/α-hetero) is 1. The maximum atomic E-state index is 11.6. The Balaban J connectivity index is 1.95. The molecule has 1 saturated heterocycles. The highest BCUT2D eigenvalue weighted by molar-refractivity contribution is 8.18. The molecule has 0 bridgehead atoms. The van der Waals surface area contributed by atoms with Crippen molar-refractivity contribution in [1.82, 2.24) is 0 Å². The van der Waals surface area contributed by atoms with Gasteiger partial charge in [0, 0.05) is 6.42 Å². The third kappa shape index (κ3) is 6.92. The Bertz CT molecular complexity index is 582. The lowest BCUT2D eigenvalue weighted by molar-refractivity contribution is -0.140. The van der Waals surface area contributed by atoms with E-state index in [0.29, 0.717) is 6.42 Å². The third-order valence-electron chi connectivity index (χ3n) is 4.11. The first kappa shape index (κ1) is 20.1. The first-order chi connectivity index (χ1) is 11.9. The number of phenols is 1. The molecule has 1 atom stereocenters. The van der Waals surface area contributed by atoms with Crippen LogP contribution in [0, 0.1) is 0 Å². The highest BCUT2D eigenvalue weighted by Gasteiger charge is 2.36. The molecule has 0 radical (unpaired) electrons. The first-order valence-corrected chi connectivity index (χ1v) is 10.3. The molecule has 0 amide bonds. The van der Waals surface area contributed by atoms with Crippen LogP contribution in [0.15, 0.2) is 24.3 Å². The number of thioether (sulfide) groups is 2. The predicted molar refractivity (Wildman–Crippen MR) is 101 cm³/mol. The second-order valence-electron chi connectivity index (χ2n) is 6.30. The number of rotatable bonds is 9. The van der Waals surface area contributed by atoms with Crippen molar-refractivity contribution in [2.45, 2.75) is 48.7 Å². The quantitative estimate of drug-likeness (QED) is 0.563. The van der Waals surface area contributed by atoms with Crippen molar-refractivity contribution in [3.05, 3.63) is 29.8 Å². The Kier molecular flexibility index (Phi) is 7.65. The molecule has 7 heteroatoms. The van der Waals surface area contributed by atoms with Crippen molar-refractivity contribution in [3.8, 4) is 5.75 Å². The van der Waals surface area contributed by atoms with Crippen molar-refractivity contribution in [3.63, 3.8) is 0 Å². The van der Waals surface area contributed by atoms with Gasteiger partial charge in [-0.3, -0.25) is 9.59 Å². The van der Waals surface area contributed by atoms with E-state index < -0.39 is 24.3 Å². The van der Waals surface area contributed by atoms with E-state index in [0.717, 1.165) is 36.3 Å². The van der Waals surface area contributed by atoms with Crippen LogP contribution in [0.25, 0.3) is 0 Å². The van der Waals surface area contributed by atoms with E-state index in [4.69, 9.17) is 5.11 Å². The lowest BCUT2D eigenvalue weighted by atomic mass is 10.0. The van der Waals surface area contributed by atoms with Gasteiger partial charge in [-0.15, -0.1) is 23.5 Å². The molecule has 0 aliphatic carbocycles. The zero-order chi connectivity index (χ0) is 18.3. The lowest BCUT2D eigenvalue weighted by Crippen LogP contribution is -2.32. The molecule has 5 nitrogen and oxygen atoms in total. The Morgan fingerprint density at radius 1 is 1.16 bits per heavy atom. The van der Waals surface area contributed by atoms with Crippen molar-refractivity contribution in [1.29, 1.82) is 0 Å². The molecular formula is C18H24O5S2. The molecule has 0 saturated carbocycles. The van der Waals surface area contributed by atoms with Gasteiger partial charge >= 0.3 is 5.97 Å². The van der Waals surface area contributed by atoms with Crippen LogP contribution in [0.2, 0.25) is 0 Å². The topological polar surface area (TPSA) is 94.8 Å². The largest absolute Gasteiger partial charge is 0.508 e. The van der Waals surface area contributed by atoms with Crippen molar-refractivity contribution >= 4 is 35.3 Å². The van der Waals surface area contributed by atoms with Crippen LogP contribution in [0.3, 0.4) is 0 Å². The second kappa shape index (κ2) is 9.50. The molecule has 1 aromatic rings. The summed E-state index contributed by atoms with van der Waals surface area (Å²) in [5, 5.41) is 28.4. The Morgan fingerprint density at radius 2 is 1.80 bits per heavy atom. The number of ketones is 1. The minimum absolute atomic E-state index is 0.103. The molecule has 138 valence electrons. The minimum Gasteiger partial charge on any atom is -0.508 e. The Hall–Kier alpha value is -1.18. The van der Waals surface area contributed by atoms with Gasteiger partial charge in [0.2, 0.25) is 0 Å². The minimum atomic E-state index is -1.15. The number of carbonyl (C=O) groups is 2. The molecule has 1 aliphatic rings. The number of carboxylic acids is 1. The van der Waals surface area contributed by atoms with E-state index in [1.54, 1.807) is 12.1 Å². The summed E-state index contributed by atoms with van der Waals surface area (Å²) in [6, 6.07) is 7.13. The Labute approximate surface area is 156 Å². The fourth-order valence-electron chi connectivity index (χ4n) is 2.91. The van der Waals surface area contributed by atoms with Crippen LogP contribution in [-0.4, -0.2) is 48.8 Å². The maximum absolute atomic E-state index is 11.6. The second-order valence-corrected chi connectivity index (χ2v) is 9.51. The Morgan fingerprint density at radius 3 is 2.40 bits per heavy atom. The lowest BCUT2D eigenvalue weighted by Gasteiger charge is -2.37. The molecule has 0 spiro atoms. The molecule has 1 aromatic carbocycles. The van der Waals surface area contributed by atoms with E-state index in [1.807, 2.05) is 35.7 Å². The summed E-state index contributed by atoms with van der Waals surface area (Å²) in [5.41, 5.74) is 1.13. The van der Waals surface area contributed by atoms with E-state index >= 15 is 0 Å². The summed E-state index contributed by atoms with van der Waals surface area (Å²) < 4.78 is -0.154. The number of aliphatic hydroxyl groups excluding tert-OH is 1. The highest BCUT2D eigenvalue weighted by atomic mass is 32.2. The SMILES string of the molecule is O=C(O)CC(=O)CC(O)CC1(CCc2ccc(O)cc2)SCCCS1. The van der Waals surface area contributed by atoms with Gasteiger partial charge in [0.05, 0.1) is 10.2 Å². The van der Waals surface area contributed by atoms with Gasteiger partial charge < -0.3 is 15.3 Å². The number of carbonyl (C=O) groups excluding carboxylic acids is 1. The summed E-state index contributed by atoms with van der Waals surface area (Å²) in [5.74, 6) is 0.712. The fourth-order valence-corrected chi connectivity index (χ4v) is 6.36. The van der Waals surface area contributed by atoms with E-state index in [9.17, 15) is 19.8 Å². The summed E-state index contributed by atoms with van der Waals surface area (Å²) in [4.78, 5) is 22.2.